The highest BCUT2D eigenvalue weighted by Crippen LogP contribution is 2.21. The van der Waals surface area contributed by atoms with Crippen LogP contribution in [0.3, 0.4) is 0 Å². The summed E-state index contributed by atoms with van der Waals surface area (Å²) in [5.41, 5.74) is 0.487. The minimum Gasteiger partial charge on any atom is -0.464 e. The van der Waals surface area contributed by atoms with Crippen molar-refractivity contribution in [2.24, 2.45) is 11.8 Å². The van der Waals surface area contributed by atoms with Crippen LogP contribution in [-0.2, 0) is 38.2 Å². The largest absolute Gasteiger partial charge is 0.464 e. The molecule has 0 radical (unpaired) electrons. The van der Waals surface area contributed by atoms with Crippen molar-refractivity contribution in [3.63, 3.8) is 0 Å². The highest BCUT2D eigenvalue weighted by molar-refractivity contribution is 6.38. The third kappa shape index (κ3) is 12.6. The van der Waals surface area contributed by atoms with Crippen LogP contribution in [0.15, 0.2) is 42.5 Å². The molecule has 0 spiro atoms. The SMILES string of the molecule is CC(C)COC(=O)N[C@H]1CC/C=C\CCC[C@@H](C(=O)C(=O)NCC(=O)N[C@H](C(=O)OCC(C)C)c2ccccc2)NC(=O)[C@@H]2CCCN2C1=O. The van der Waals surface area contributed by atoms with Crippen molar-refractivity contribution in [2.75, 3.05) is 26.3 Å². The lowest BCUT2D eigenvalue weighted by atomic mass is 10.0. The van der Waals surface area contributed by atoms with E-state index in [0.29, 0.717) is 44.1 Å². The van der Waals surface area contributed by atoms with Gasteiger partial charge in [-0.2, -0.15) is 0 Å². The Morgan fingerprint density at radius 3 is 2.26 bits per heavy atom. The van der Waals surface area contributed by atoms with E-state index >= 15 is 0 Å². The number of ether oxygens (including phenoxy) is 2. The number of hydrogen-bond acceptors (Lipinski definition) is 9. The van der Waals surface area contributed by atoms with Gasteiger partial charge in [0.1, 0.15) is 12.1 Å². The molecule has 0 saturated carbocycles. The Labute approximate surface area is 293 Å². The molecule has 0 unspecified atom stereocenters. The Morgan fingerprint density at radius 2 is 1.56 bits per heavy atom. The van der Waals surface area contributed by atoms with Crippen LogP contribution in [0.1, 0.15) is 84.2 Å². The molecule has 0 aromatic heterocycles. The fraction of sp³-hybridized carbons (Fsp3) is 0.583. The van der Waals surface area contributed by atoms with E-state index in [2.05, 4.69) is 21.3 Å². The maximum absolute atomic E-state index is 13.6. The number of amides is 5. The molecular formula is C36H51N5O9. The molecule has 274 valence electrons. The second-order valence-electron chi connectivity index (χ2n) is 13.4. The van der Waals surface area contributed by atoms with Gasteiger partial charge in [0.15, 0.2) is 6.04 Å². The van der Waals surface area contributed by atoms with Crippen molar-refractivity contribution in [2.45, 2.75) is 96.8 Å². The van der Waals surface area contributed by atoms with Crippen LogP contribution in [0.5, 0.6) is 0 Å². The molecular weight excluding hydrogens is 646 g/mol. The molecule has 0 aliphatic carbocycles. The molecule has 14 nitrogen and oxygen atoms in total. The van der Waals surface area contributed by atoms with E-state index in [9.17, 15) is 33.6 Å². The van der Waals surface area contributed by atoms with Gasteiger partial charge in [-0.25, -0.2) is 9.59 Å². The van der Waals surface area contributed by atoms with Crippen molar-refractivity contribution >= 4 is 41.5 Å². The van der Waals surface area contributed by atoms with Gasteiger partial charge in [-0.15, -0.1) is 0 Å². The Balaban J connectivity index is 1.67. The second-order valence-corrected chi connectivity index (χ2v) is 13.4. The van der Waals surface area contributed by atoms with Gasteiger partial charge in [-0.3, -0.25) is 24.0 Å². The molecule has 3 rings (SSSR count). The van der Waals surface area contributed by atoms with Gasteiger partial charge >= 0.3 is 12.1 Å². The van der Waals surface area contributed by atoms with Crippen molar-refractivity contribution in [3.05, 3.63) is 48.0 Å². The minimum atomic E-state index is -1.21. The van der Waals surface area contributed by atoms with Crippen LogP contribution in [0.2, 0.25) is 0 Å². The van der Waals surface area contributed by atoms with Gasteiger partial charge in [0, 0.05) is 6.54 Å². The Bertz CT molecular complexity index is 1380. The first kappa shape index (κ1) is 39.7. The van der Waals surface area contributed by atoms with Crippen LogP contribution in [-0.4, -0.2) is 90.8 Å². The zero-order chi connectivity index (χ0) is 36.6. The predicted octanol–water partition coefficient (Wildman–Crippen LogP) is 2.48. The predicted molar refractivity (Wildman–Crippen MR) is 183 cm³/mol. The van der Waals surface area contributed by atoms with Crippen LogP contribution in [0.4, 0.5) is 4.79 Å². The van der Waals surface area contributed by atoms with Gasteiger partial charge in [0.2, 0.25) is 23.5 Å². The first-order valence-electron chi connectivity index (χ1n) is 17.4. The van der Waals surface area contributed by atoms with E-state index in [0.717, 1.165) is 0 Å². The van der Waals surface area contributed by atoms with E-state index in [1.807, 2.05) is 39.8 Å². The van der Waals surface area contributed by atoms with Gasteiger partial charge in [0.25, 0.3) is 5.91 Å². The molecule has 1 fully saturated rings. The van der Waals surface area contributed by atoms with E-state index < -0.39 is 72.2 Å². The number of nitrogens with one attached hydrogen (secondary N) is 4. The zero-order valence-corrected chi connectivity index (χ0v) is 29.4. The lowest BCUT2D eigenvalue weighted by Gasteiger charge is -2.29. The molecule has 1 aromatic rings. The van der Waals surface area contributed by atoms with Crippen molar-refractivity contribution in [3.8, 4) is 0 Å². The standard InChI is InChI=1S/C36H51N5O9/c1-23(2)21-49-35(47)30(25-14-9-8-10-15-25)40-29(42)20-37-33(45)31(43)26-16-11-6-5-7-12-17-27(39-36(48)50-22-24(3)4)34(46)41-19-13-18-28(41)32(44)38-26/h5,7-10,14-15,23-24,26-28,30H,6,11-13,16-22H2,1-4H3,(H,37,45)(H,38,44)(H,39,48)(H,40,42)/b7-5-/t26-,27-,28-,30-/m0/s1. The van der Waals surface area contributed by atoms with Crippen LogP contribution in [0, 0.1) is 11.8 Å². The van der Waals surface area contributed by atoms with Crippen molar-refractivity contribution in [1.82, 2.24) is 26.2 Å². The number of rotatable bonds is 12. The fourth-order valence-corrected chi connectivity index (χ4v) is 5.54. The lowest BCUT2D eigenvalue weighted by molar-refractivity contribution is -0.149. The van der Waals surface area contributed by atoms with E-state index in [1.54, 1.807) is 30.3 Å². The smallest absolute Gasteiger partial charge is 0.407 e. The number of carbonyl (C=O) groups excluding carboxylic acids is 7. The topological polar surface area (TPSA) is 189 Å². The maximum Gasteiger partial charge on any atom is 0.407 e. The van der Waals surface area contributed by atoms with Gasteiger partial charge in [-0.1, -0.05) is 70.2 Å². The maximum atomic E-state index is 13.6. The van der Waals surface area contributed by atoms with Crippen molar-refractivity contribution in [1.29, 1.82) is 0 Å². The number of benzene rings is 1. The molecule has 4 atom stereocenters. The molecule has 50 heavy (non-hydrogen) atoms. The summed E-state index contributed by atoms with van der Waals surface area (Å²) in [6, 6.07) is 4.36. The molecule has 1 aromatic carbocycles. The summed E-state index contributed by atoms with van der Waals surface area (Å²) in [4.78, 5) is 93.0. The highest BCUT2D eigenvalue weighted by atomic mass is 16.5. The summed E-state index contributed by atoms with van der Waals surface area (Å²) in [5.74, 6) is -4.23. The zero-order valence-electron chi connectivity index (χ0n) is 29.4. The first-order chi connectivity index (χ1) is 23.9. The van der Waals surface area contributed by atoms with E-state index in [1.165, 1.54) is 4.90 Å². The number of alkyl carbamates (subject to hydrolysis) is 1. The van der Waals surface area contributed by atoms with E-state index in [4.69, 9.17) is 9.47 Å². The van der Waals surface area contributed by atoms with E-state index in [-0.39, 0.29) is 38.0 Å². The number of esters is 1. The third-order valence-corrected chi connectivity index (χ3v) is 8.13. The summed E-state index contributed by atoms with van der Waals surface area (Å²) in [5, 5.41) is 10.2. The fourth-order valence-electron chi connectivity index (χ4n) is 5.54. The number of ketones is 1. The number of hydrogen-bond donors (Lipinski definition) is 4. The Morgan fingerprint density at radius 1 is 0.880 bits per heavy atom. The molecule has 2 heterocycles. The number of allylic oxidation sites excluding steroid dienone is 2. The second kappa shape index (κ2) is 20.1. The summed E-state index contributed by atoms with van der Waals surface area (Å²) >= 11 is 0. The molecule has 1 saturated heterocycles. The molecule has 0 bridgehead atoms. The molecule has 4 N–H and O–H groups in total. The third-order valence-electron chi connectivity index (χ3n) is 8.13. The number of nitrogens with zero attached hydrogens (tertiary/aromatic N) is 1. The highest BCUT2D eigenvalue weighted by Gasteiger charge is 2.39. The number of carbonyl (C=O) groups is 7. The molecule has 2 aliphatic rings. The monoisotopic (exact) mass is 697 g/mol. The summed E-state index contributed by atoms with van der Waals surface area (Å²) in [6.07, 6.45) is 5.89. The molecule has 2 aliphatic heterocycles. The summed E-state index contributed by atoms with van der Waals surface area (Å²) in [6.45, 7) is 7.58. The molecule has 5 amide bonds. The quantitative estimate of drug-likeness (QED) is 0.145. The van der Waals surface area contributed by atoms with Crippen molar-refractivity contribution < 1.29 is 43.0 Å². The average Bonchev–Trinajstić information content (AvgIpc) is 3.59. The van der Waals surface area contributed by atoms with Crippen LogP contribution in [0.25, 0.3) is 0 Å². The Kier molecular flexibility index (Phi) is 15.9. The van der Waals surface area contributed by atoms with Gasteiger partial charge in [-0.05, 0) is 62.3 Å². The number of fused-ring (bicyclic) bond motifs is 1. The minimum absolute atomic E-state index is 0.0777. The molecule has 14 heteroatoms. The summed E-state index contributed by atoms with van der Waals surface area (Å²) in [7, 11) is 0. The normalized spacial score (nSPS) is 21.2. The van der Waals surface area contributed by atoms with Crippen LogP contribution < -0.4 is 21.3 Å². The number of Topliss-reactive ketones (excluding diaryl/α,β-unsaturated/α-hetero) is 1. The average molecular weight is 698 g/mol. The van der Waals surface area contributed by atoms with Gasteiger partial charge < -0.3 is 35.6 Å². The van der Waals surface area contributed by atoms with Gasteiger partial charge in [0.05, 0.1) is 25.8 Å². The summed E-state index contributed by atoms with van der Waals surface area (Å²) < 4.78 is 10.6. The lowest BCUT2D eigenvalue weighted by Crippen LogP contribution is -2.56. The Hall–Kier alpha value is -4.75. The first-order valence-corrected chi connectivity index (χ1v) is 17.4. The van der Waals surface area contributed by atoms with Crippen LogP contribution >= 0.6 is 0 Å².